The van der Waals surface area contributed by atoms with Crippen LogP contribution in [0.25, 0.3) is 10.9 Å². The summed E-state index contributed by atoms with van der Waals surface area (Å²) in [7, 11) is 2.00. The molecule has 158 valence electrons. The van der Waals surface area contributed by atoms with Gasteiger partial charge in [-0.3, -0.25) is 9.69 Å². The Hall–Kier alpha value is -2.83. The lowest BCUT2D eigenvalue weighted by molar-refractivity contribution is -0.129. The third kappa shape index (κ3) is 4.06. The van der Waals surface area contributed by atoms with Gasteiger partial charge in [-0.25, -0.2) is 0 Å². The summed E-state index contributed by atoms with van der Waals surface area (Å²) in [5.41, 5.74) is 3.05. The smallest absolute Gasteiger partial charge is 0.242 e. The minimum absolute atomic E-state index is 0.0143. The van der Waals surface area contributed by atoms with Gasteiger partial charge in [-0.05, 0) is 24.6 Å². The van der Waals surface area contributed by atoms with Crippen molar-refractivity contribution in [2.75, 3.05) is 26.2 Å². The van der Waals surface area contributed by atoms with Crippen LogP contribution in [0.4, 0.5) is 0 Å². The number of benzene rings is 2. The Morgan fingerprint density at radius 3 is 2.80 bits per heavy atom. The van der Waals surface area contributed by atoms with E-state index in [-0.39, 0.29) is 5.91 Å². The van der Waals surface area contributed by atoms with Crippen LogP contribution in [0.2, 0.25) is 0 Å². The van der Waals surface area contributed by atoms with Crippen molar-refractivity contribution in [1.29, 1.82) is 0 Å². The number of rotatable bonds is 7. The van der Waals surface area contributed by atoms with Gasteiger partial charge in [-0.2, -0.15) is 0 Å². The molecule has 4 rings (SSSR count). The molecule has 0 spiro atoms. The Morgan fingerprint density at radius 1 is 1.20 bits per heavy atom. The maximum Gasteiger partial charge on any atom is 0.242 e. The summed E-state index contributed by atoms with van der Waals surface area (Å²) in [5.74, 6) is 0.792. The van der Waals surface area contributed by atoms with Crippen molar-refractivity contribution in [3.8, 4) is 5.75 Å². The second kappa shape index (κ2) is 8.90. The molecule has 0 bridgehead atoms. The molecule has 6 nitrogen and oxygen atoms in total. The van der Waals surface area contributed by atoms with E-state index in [4.69, 9.17) is 4.74 Å². The molecule has 0 saturated carbocycles. The van der Waals surface area contributed by atoms with Crippen LogP contribution >= 0.6 is 0 Å². The fourth-order valence-electron chi connectivity index (χ4n) is 4.40. The molecule has 1 saturated heterocycles. The molecule has 1 fully saturated rings. The highest BCUT2D eigenvalue weighted by atomic mass is 16.5. The highest BCUT2D eigenvalue weighted by Gasteiger charge is 2.34. The zero-order valence-corrected chi connectivity index (χ0v) is 17.5. The minimum Gasteiger partial charge on any atom is -0.494 e. The van der Waals surface area contributed by atoms with Crippen LogP contribution in [-0.4, -0.2) is 52.8 Å². The molecule has 2 N–H and O–H groups in total. The van der Waals surface area contributed by atoms with Gasteiger partial charge in [-0.15, -0.1) is 0 Å². The van der Waals surface area contributed by atoms with E-state index < -0.39 is 12.1 Å². The summed E-state index contributed by atoms with van der Waals surface area (Å²) >= 11 is 0. The number of fused-ring (bicyclic) bond motifs is 1. The summed E-state index contributed by atoms with van der Waals surface area (Å²) in [6, 6.07) is 15.5. The molecule has 3 aromatic rings. The van der Waals surface area contributed by atoms with Crippen LogP contribution in [0, 0.1) is 0 Å². The first kappa shape index (κ1) is 20.4. The number of para-hydroxylation sites is 2. The minimum atomic E-state index is -0.602. The van der Waals surface area contributed by atoms with Crippen LogP contribution < -0.4 is 10.1 Å². The molecule has 2 heterocycles. The van der Waals surface area contributed by atoms with E-state index in [1.54, 1.807) is 0 Å². The Labute approximate surface area is 177 Å². The number of aromatic nitrogens is 1. The Kier molecular flexibility index (Phi) is 6.06. The van der Waals surface area contributed by atoms with Gasteiger partial charge < -0.3 is 19.7 Å². The van der Waals surface area contributed by atoms with Crippen molar-refractivity contribution in [1.82, 2.24) is 14.8 Å². The van der Waals surface area contributed by atoms with Crippen molar-refractivity contribution in [3.05, 3.63) is 65.9 Å². The van der Waals surface area contributed by atoms with Crippen molar-refractivity contribution in [3.63, 3.8) is 0 Å². The largest absolute Gasteiger partial charge is 0.494 e. The number of carbonyl (C=O) groups is 1. The average molecular weight is 408 g/mol. The van der Waals surface area contributed by atoms with E-state index in [0.717, 1.165) is 27.8 Å². The normalized spacial score (nSPS) is 18.4. The zero-order chi connectivity index (χ0) is 21.1. The highest BCUT2D eigenvalue weighted by molar-refractivity contribution is 5.92. The van der Waals surface area contributed by atoms with Gasteiger partial charge in [0.2, 0.25) is 5.91 Å². The Morgan fingerprint density at radius 2 is 1.97 bits per heavy atom. The number of hydrogen-bond acceptors (Lipinski definition) is 4. The van der Waals surface area contributed by atoms with Crippen molar-refractivity contribution in [2.45, 2.75) is 25.5 Å². The van der Waals surface area contributed by atoms with Gasteiger partial charge in [0, 0.05) is 55.8 Å². The van der Waals surface area contributed by atoms with Crippen LogP contribution in [0.3, 0.4) is 0 Å². The monoisotopic (exact) mass is 407 g/mol. The summed E-state index contributed by atoms with van der Waals surface area (Å²) in [5, 5.41) is 14.9. The van der Waals surface area contributed by atoms with Gasteiger partial charge in [0.15, 0.2) is 0 Å². The Balaban J connectivity index is 1.57. The van der Waals surface area contributed by atoms with E-state index in [2.05, 4.69) is 26.9 Å². The van der Waals surface area contributed by atoms with E-state index in [1.165, 1.54) is 0 Å². The molecule has 2 atom stereocenters. The maximum atomic E-state index is 12.9. The molecule has 30 heavy (non-hydrogen) atoms. The molecule has 1 aromatic heterocycles. The number of nitrogens with zero attached hydrogens (tertiary/aromatic N) is 2. The fraction of sp³-hybridized carbons (Fsp3) is 0.375. The average Bonchev–Trinajstić information content (AvgIpc) is 3.06. The number of nitrogens with one attached hydrogen (secondary N) is 1. The van der Waals surface area contributed by atoms with Gasteiger partial charge in [0.05, 0.1) is 12.7 Å². The van der Waals surface area contributed by atoms with Crippen LogP contribution in [-0.2, 0) is 18.3 Å². The van der Waals surface area contributed by atoms with Crippen LogP contribution in [0.15, 0.2) is 54.7 Å². The summed E-state index contributed by atoms with van der Waals surface area (Å²) < 4.78 is 7.75. The highest BCUT2D eigenvalue weighted by Crippen LogP contribution is 2.31. The second-order valence-corrected chi connectivity index (χ2v) is 7.80. The van der Waals surface area contributed by atoms with Gasteiger partial charge in [0.25, 0.3) is 0 Å². The molecule has 1 aliphatic heterocycles. The Bertz CT molecular complexity index is 1030. The SMILES string of the molecule is CCOc1ccccc1CC(O)CN1CCNC(=O)C1c1cn(C)c2ccccc12. The number of aliphatic hydroxyl groups excluding tert-OH is 1. The molecular formula is C24H29N3O3. The van der Waals surface area contributed by atoms with Gasteiger partial charge in [-0.1, -0.05) is 36.4 Å². The number of piperazine rings is 1. The number of amides is 1. The predicted molar refractivity (Wildman–Crippen MR) is 118 cm³/mol. The lowest BCUT2D eigenvalue weighted by atomic mass is 10.00. The number of aliphatic hydroxyl groups is 1. The second-order valence-electron chi connectivity index (χ2n) is 7.80. The standard InChI is InChI=1S/C24H29N3O3/c1-3-30-22-11-7-4-8-17(22)14-18(28)15-27-13-12-25-24(29)23(27)20-16-26(2)21-10-6-5-9-19(20)21/h4-11,16,18,23,28H,3,12-15H2,1-2H3,(H,25,29). The van der Waals surface area contributed by atoms with Crippen molar-refractivity contribution >= 4 is 16.8 Å². The van der Waals surface area contributed by atoms with E-state index in [9.17, 15) is 9.90 Å². The molecule has 0 aliphatic carbocycles. The first-order valence-corrected chi connectivity index (χ1v) is 10.5. The van der Waals surface area contributed by atoms with Gasteiger partial charge >= 0.3 is 0 Å². The summed E-state index contributed by atoms with van der Waals surface area (Å²) in [6.07, 6.45) is 1.91. The number of hydrogen-bond donors (Lipinski definition) is 2. The van der Waals surface area contributed by atoms with Crippen molar-refractivity contribution < 1.29 is 14.6 Å². The fourth-order valence-corrected chi connectivity index (χ4v) is 4.40. The number of β-amino-alcohol motifs (C(OH)–C–C–N with tert-alkyl or cyclic N) is 1. The number of carbonyl (C=O) groups excluding carboxylic acids is 1. The van der Waals surface area contributed by atoms with E-state index in [1.807, 2.05) is 56.6 Å². The van der Waals surface area contributed by atoms with Crippen molar-refractivity contribution in [2.24, 2.45) is 7.05 Å². The molecule has 1 aliphatic rings. The third-order valence-electron chi connectivity index (χ3n) is 5.71. The summed E-state index contributed by atoms with van der Waals surface area (Å²) in [4.78, 5) is 15.0. The number of ether oxygens (including phenoxy) is 1. The predicted octanol–water partition coefficient (Wildman–Crippen LogP) is 2.65. The third-order valence-corrected chi connectivity index (χ3v) is 5.71. The topological polar surface area (TPSA) is 66.7 Å². The molecular weight excluding hydrogens is 378 g/mol. The van der Waals surface area contributed by atoms with Crippen LogP contribution in [0.5, 0.6) is 5.75 Å². The molecule has 6 heteroatoms. The maximum absolute atomic E-state index is 12.9. The molecule has 2 aromatic carbocycles. The first-order chi connectivity index (χ1) is 14.6. The molecule has 1 amide bonds. The van der Waals surface area contributed by atoms with E-state index >= 15 is 0 Å². The van der Waals surface area contributed by atoms with E-state index in [0.29, 0.717) is 32.7 Å². The molecule has 0 radical (unpaired) electrons. The number of aryl methyl sites for hydroxylation is 1. The summed E-state index contributed by atoms with van der Waals surface area (Å²) in [6.45, 7) is 4.24. The lowest BCUT2D eigenvalue weighted by Gasteiger charge is -2.36. The quantitative estimate of drug-likeness (QED) is 0.632. The van der Waals surface area contributed by atoms with Gasteiger partial charge in [0.1, 0.15) is 11.8 Å². The van der Waals surface area contributed by atoms with Crippen LogP contribution in [0.1, 0.15) is 24.1 Å². The first-order valence-electron chi connectivity index (χ1n) is 10.5. The zero-order valence-electron chi connectivity index (χ0n) is 17.5. The lowest BCUT2D eigenvalue weighted by Crippen LogP contribution is -2.52. The molecule has 2 unspecified atom stereocenters.